The standard InChI is InChI=1S/C17H27NO2/c1-5-6-11-18(12-14(4)17(19)20)16-9-7-15(8-10-16)13(2)3/h7-10,13-14H,5-6,11-12H2,1-4H3,(H,19,20). The molecular weight excluding hydrogens is 250 g/mol. The van der Waals surface area contributed by atoms with Crippen LogP contribution in [-0.4, -0.2) is 24.2 Å². The fourth-order valence-electron chi connectivity index (χ4n) is 2.15. The van der Waals surface area contributed by atoms with Gasteiger partial charge in [-0.2, -0.15) is 0 Å². The van der Waals surface area contributed by atoms with E-state index in [1.54, 1.807) is 6.92 Å². The Hall–Kier alpha value is -1.51. The number of unbranched alkanes of at least 4 members (excludes halogenated alkanes) is 1. The van der Waals surface area contributed by atoms with Crippen LogP contribution in [0.4, 0.5) is 5.69 Å². The molecule has 1 atom stereocenters. The van der Waals surface area contributed by atoms with Crippen molar-refractivity contribution in [3.8, 4) is 0 Å². The van der Waals surface area contributed by atoms with Gasteiger partial charge < -0.3 is 10.0 Å². The van der Waals surface area contributed by atoms with E-state index in [0.717, 1.165) is 25.1 Å². The maximum atomic E-state index is 11.1. The molecule has 1 unspecified atom stereocenters. The Labute approximate surface area is 122 Å². The summed E-state index contributed by atoms with van der Waals surface area (Å²) in [5.41, 5.74) is 2.44. The fourth-order valence-corrected chi connectivity index (χ4v) is 2.15. The molecule has 3 nitrogen and oxygen atoms in total. The second kappa shape index (κ2) is 7.93. The lowest BCUT2D eigenvalue weighted by molar-refractivity contribution is -0.140. The molecule has 1 N–H and O–H groups in total. The fraction of sp³-hybridized carbons (Fsp3) is 0.588. The van der Waals surface area contributed by atoms with Gasteiger partial charge in [0.25, 0.3) is 0 Å². The van der Waals surface area contributed by atoms with E-state index >= 15 is 0 Å². The third-order valence-corrected chi connectivity index (χ3v) is 3.62. The highest BCUT2D eigenvalue weighted by Crippen LogP contribution is 2.21. The molecule has 0 amide bonds. The van der Waals surface area contributed by atoms with Gasteiger partial charge in [-0.1, -0.05) is 46.2 Å². The number of carboxylic acid groups (broad SMARTS) is 1. The number of anilines is 1. The summed E-state index contributed by atoms with van der Waals surface area (Å²) in [5.74, 6) is -0.562. The quantitative estimate of drug-likeness (QED) is 0.776. The van der Waals surface area contributed by atoms with Crippen molar-refractivity contribution in [1.82, 2.24) is 0 Å². The Morgan fingerprint density at radius 1 is 1.20 bits per heavy atom. The van der Waals surface area contributed by atoms with Crippen LogP contribution in [0, 0.1) is 5.92 Å². The van der Waals surface area contributed by atoms with Crippen LogP contribution in [0.1, 0.15) is 52.0 Å². The molecule has 0 bridgehead atoms. The monoisotopic (exact) mass is 277 g/mol. The van der Waals surface area contributed by atoms with Gasteiger partial charge in [-0.05, 0) is 30.0 Å². The summed E-state index contributed by atoms with van der Waals surface area (Å²) in [5, 5.41) is 9.09. The molecule has 0 aliphatic carbocycles. The van der Waals surface area contributed by atoms with E-state index in [9.17, 15) is 4.79 Å². The molecule has 3 heteroatoms. The lowest BCUT2D eigenvalue weighted by atomic mass is 10.0. The number of aliphatic carboxylic acids is 1. The Bertz CT molecular complexity index is 412. The summed E-state index contributed by atoms with van der Waals surface area (Å²) in [7, 11) is 0. The van der Waals surface area contributed by atoms with Gasteiger partial charge in [-0.3, -0.25) is 4.79 Å². The van der Waals surface area contributed by atoms with Gasteiger partial charge in [0.05, 0.1) is 5.92 Å². The Morgan fingerprint density at radius 2 is 1.80 bits per heavy atom. The van der Waals surface area contributed by atoms with E-state index in [4.69, 9.17) is 5.11 Å². The normalized spacial score (nSPS) is 12.4. The van der Waals surface area contributed by atoms with Crippen LogP contribution >= 0.6 is 0 Å². The van der Waals surface area contributed by atoms with Crippen LogP contribution in [0.3, 0.4) is 0 Å². The maximum absolute atomic E-state index is 11.1. The molecule has 0 fully saturated rings. The van der Waals surface area contributed by atoms with E-state index in [1.807, 2.05) is 0 Å². The number of benzene rings is 1. The van der Waals surface area contributed by atoms with Crippen molar-refractivity contribution in [1.29, 1.82) is 0 Å². The zero-order valence-corrected chi connectivity index (χ0v) is 13.1. The number of rotatable bonds is 8. The maximum Gasteiger partial charge on any atom is 0.308 e. The predicted octanol–water partition coefficient (Wildman–Crippen LogP) is 4.14. The van der Waals surface area contributed by atoms with Crippen molar-refractivity contribution in [2.75, 3.05) is 18.0 Å². The molecule has 0 saturated carbocycles. The van der Waals surface area contributed by atoms with Crippen molar-refractivity contribution < 1.29 is 9.90 Å². The SMILES string of the molecule is CCCCN(CC(C)C(=O)O)c1ccc(C(C)C)cc1. The number of hydrogen-bond acceptors (Lipinski definition) is 2. The van der Waals surface area contributed by atoms with Crippen LogP contribution in [-0.2, 0) is 4.79 Å². The number of nitrogens with zero attached hydrogens (tertiary/aromatic N) is 1. The first kappa shape index (κ1) is 16.5. The van der Waals surface area contributed by atoms with E-state index in [2.05, 4.69) is 49.9 Å². The van der Waals surface area contributed by atoms with Crippen LogP contribution in [0.25, 0.3) is 0 Å². The highest BCUT2D eigenvalue weighted by molar-refractivity contribution is 5.70. The van der Waals surface area contributed by atoms with E-state index in [-0.39, 0.29) is 5.92 Å². The van der Waals surface area contributed by atoms with Crippen LogP contribution < -0.4 is 4.90 Å². The highest BCUT2D eigenvalue weighted by Gasteiger charge is 2.16. The molecule has 0 spiro atoms. The smallest absolute Gasteiger partial charge is 0.308 e. The molecule has 0 saturated heterocycles. The summed E-state index contributed by atoms with van der Waals surface area (Å²) in [6.45, 7) is 9.75. The van der Waals surface area contributed by atoms with Gasteiger partial charge in [0.2, 0.25) is 0 Å². The zero-order valence-electron chi connectivity index (χ0n) is 13.1. The summed E-state index contributed by atoms with van der Waals surface area (Å²) < 4.78 is 0. The first-order chi connectivity index (χ1) is 9.45. The van der Waals surface area contributed by atoms with Gasteiger partial charge >= 0.3 is 5.97 Å². The first-order valence-electron chi connectivity index (χ1n) is 7.53. The first-order valence-corrected chi connectivity index (χ1v) is 7.53. The van der Waals surface area contributed by atoms with Crippen molar-refractivity contribution >= 4 is 11.7 Å². The Kier molecular flexibility index (Phi) is 6.56. The summed E-state index contributed by atoms with van der Waals surface area (Å²) in [6.07, 6.45) is 2.19. The minimum atomic E-state index is -0.731. The summed E-state index contributed by atoms with van der Waals surface area (Å²) >= 11 is 0. The zero-order chi connectivity index (χ0) is 15.1. The lowest BCUT2D eigenvalue weighted by Gasteiger charge is -2.27. The second-order valence-electron chi connectivity index (χ2n) is 5.79. The highest BCUT2D eigenvalue weighted by atomic mass is 16.4. The number of hydrogen-bond donors (Lipinski definition) is 1. The summed E-state index contributed by atoms with van der Waals surface area (Å²) in [6, 6.07) is 8.51. The van der Waals surface area contributed by atoms with Crippen LogP contribution in [0.2, 0.25) is 0 Å². The molecule has 0 heterocycles. The van der Waals surface area contributed by atoms with Gasteiger partial charge in [-0.25, -0.2) is 0 Å². The molecule has 0 aliphatic rings. The van der Waals surface area contributed by atoms with Crippen molar-refractivity contribution in [3.05, 3.63) is 29.8 Å². The van der Waals surface area contributed by atoms with Gasteiger partial charge in [0, 0.05) is 18.8 Å². The molecule has 0 aliphatic heterocycles. The average Bonchev–Trinajstić information content (AvgIpc) is 2.43. The third-order valence-electron chi connectivity index (χ3n) is 3.62. The van der Waals surface area contributed by atoms with Crippen molar-refractivity contribution in [2.45, 2.75) is 46.5 Å². The molecular formula is C17H27NO2. The molecule has 0 radical (unpaired) electrons. The lowest BCUT2D eigenvalue weighted by Crippen LogP contribution is -2.32. The van der Waals surface area contributed by atoms with Gasteiger partial charge in [0.15, 0.2) is 0 Å². The number of carbonyl (C=O) groups is 1. The minimum Gasteiger partial charge on any atom is -0.481 e. The molecule has 1 aromatic rings. The van der Waals surface area contributed by atoms with Crippen LogP contribution in [0.15, 0.2) is 24.3 Å². The number of carboxylic acids is 1. The summed E-state index contributed by atoms with van der Waals surface area (Å²) in [4.78, 5) is 13.2. The molecule has 112 valence electrons. The van der Waals surface area contributed by atoms with E-state index in [0.29, 0.717) is 12.5 Å². The Morgan fingerprint density at radius 3 is 2.25 bits per heavy atom. The molecule has 1 rings (SSSR count). The minimum absolute atomic E-state index is 0.350. The largest absolute Gasteiger partial charge is 0.481 e. The average molecular weight is 277 g/mol. The van der Waals surface area contributed by atoms with Crippen molar-refractivity contribution in [2.24, 2.45) is 5.92 Å². The van der Waals surface area contributed by atoms with E-state index in [1.165, 1.54) is 5.56 Å². The van der Waals surface area contributed by atoms with Gasteiger partial charge in [0.1, 0.15) is 0 Å². The van der Waals surface area contributed by atoms with Gasteiger partial charge in [-0.15, -0.1) is 0 Å². The van der Waals surface area contributed by atoms with Crippen LogP contribution in [0.5, 0.6) is 0 Å². The molecule has 20 heavy (non-hydrogen) atoms. The Balaban J connectivity index is 2.83. The third kappa shape index (κ3) is 4.87. The van der Waals surface area contributed by atoms with E-state index < -0.39 is 5.97 Å². The molecule has 0 aromatic heterocycles. The second-order valence-corrected chi connectivity index (χ2v) is 5.79. The predicted molar refractivity (Wildman–Crippen MR) is 84.5 cm³/mol. The topological polar surface area (TPSA) is 40.5 Å². The van der Waals surface area contributed by atoms with Crippen molar-refractivity contribution in [3.63, 3.8) is 0 Å². The molecule has 1 aromatic carbocycles.